The van der Waals surface area contributed by atoms with Crippen molar-refractivity contribution in [1.29, 1.82) is 0 Å². The molecule has 14 nitrogen and oxygen atoms in total. The lowest BCUT2D eigenvalue weighted by molar-refractivity contribution is -0.858. The Balaban J connectivity index is 1.08. The van der Waals surface area contributed by atoms with E-state index in [9.17, 15) is 19.2 Å². The van der Waals surface area contributed by atoms with Crippen LogP contribution >= 0.6 is 11.6 Å². The Labute approximate surface area is 339 Å². The normalized spacial score (nSPS) is 13.5. The van der Waals surface area contributed by atoms with Crippen molar-refractivity contribution >= 4 is 46.6 Å². The van der Waals surface area contributed by atoms with Gasteiger partial charge in [-0.25, -0.2) is 13.8 Å². The number of halogens is 3. The predicted molar refractivity (Wildman–Crippen MR) is 215 cm³/mol. The van der Waals surface area contributed by atoms with Gasteiger partial charge in [-0.05, 0) is 49.7 Å². The average Bonchev–Trinajstić information content (AvgIpc) is 3.76. The molecule has 0 radical (unpaired) electrons. The van der Waals surface area contributed by atoms with Gasteiger partial charge in [-0.15, -0.1) is 0 Å². The van der Waals surface area contributed by atoms with Gasteiger partial charge in [-0.1, -0.05) is 24.6 Å². The van der Waals surface area contributed by atoms with Crippen LogP contribution in [0.25, 0.3) is 22.4 Å². The van der Waals surface area contributed by atoms with Gasteiger partial charge in [-0.3, -0.25) is 28.8 Å². The van der Waals surface area contributed by atoms with Crippen molar-refractivity contribution in [2.75, 3.05) is 57.5 Å². The maximum Gasteiger partial charge on any atom is 0.291 e. The van der Waals surface area contributed by atoms with Crippen molar-refractivity contribution in [2.24, 2.45) is 13.0 Å². The SMILES string of the molecule is CCC(CC[NH+](C)C)C(=O)N1CCN(C(=O)c2ccc(NC(=O)c3ncc(-c4ccc(-c5cn(CC(=O)Nc6ccncc6)nc5C)c(F)c4F)n3C)cc2Cl)CC1. The van der Waals surface area contributed by atoms with E-state index in [0.29, 0.717) is 48.8 Å². The summed E-state index contributed by atoms with van der Waals surface area (Å²) in [5, 5.41) is 9.88. The number of nitrogens with one attached hydrogen (secondary N) is 3. The standard InChI is InChI=1S/C41H45ClF2N10O4/c1-6-26(13-16-50(3)4)40(57)52-17-19-53(20-18-52)41(58)30-8-7-28(21-33(30)42)48-39(56)38-46-22-34(51(38)5)31-10-9-29(36(43)37(31)44)32-23-54(49-25(32)2)24-35(55)47-27-11-14-45-15-12-27/h7-12,14-15,21-23,26H,6,13,16-20,24H2,1-5H3,(H,48,56)(H,45,47,55)/p+1. The summed E-state index contributed by atoms with van der Waals surface area (Å²) in [5.41, 5.74) is 1.79. The molecule has 5 aromatic rings. The van der Waals surface area contributed by atoms with Crippen LogP contribution < -0.4 is 15.5 Å². The predicted octanol–water partition coefficient (Wildman–Crippen LogP) is 4.32. The minimum absolute atomic E-state index is 0.0388. The summed E-state index contributed by atoms with van der Waals surface area (Å²) >= 11 is 6.55. The zero-order chi connectivity index (χ0) is 41.7. The number of aromatic nitrogens is 5. The van der Waals surface area contributed by atoms with Crippen LogP contribution in [0.15, 0.2) is 67.3 Å². The molecule has 17 heteroatoms. The van der Waals surface area contributed by atoms with Crippen LogP contribution in [0.4, 0.5) is 20.2 Å². The molecule has 0 bridgehead atoms. The summed E-state index contributed by atoms with van der Waals surface area (Å²) in [4.78, 5) is 65.3. The molecule has 1 aliphatic rings. The van der Waals surface area contributed by atoms with Gasteiger partial charge < -0.3 is 29.9 Å². The van der Waals surface area contributed by atoms with E-state index >= 15 is 8.78 Å². The molecule has 2 aromatic carbocycles. The smallest absolute Gasteiger partial charge is 0.291 e. The van der Waals surface area contributed by atoms with E-state index in [-0.39, 0.29) is 63.4 Å². The lowest BCUT2D eigenvalue weighted by atomic mass is 10.00. The number of nitrogens with zero attached hydrogens (tertiary/aromatic N) is 7. The second-order valence-electron chi connectivity index (χ2n) is 14.5. The van der Waals surface area contributed by atoms with E-state index in [1.807, 2.05) is 11.8 Å². The van der Waals surface area contributed by atoms with E-state index in [2.05, 4.69) is 39.8 Å². The fourth-order valence-electron chi connectivity index (χ4n) is 6.95. The Kier molecular flexibility index (Phi) is 13.0. The minimum atomic E-state index is -1.15. The molecule has 0 saturated carbocycles. The quantitative estimate of drug-likeness (QED) is 0.160. The van der Waals surface area contributed by atoms with E-state index in [4.69, 9.17) is 11.6 Å². The Hall–Kier alpha value is -6.00. The number of benzene rings is 2. The van der Waals surface area contributed by atoms with E-state index in [1.165, 1.54) is 57.9 Å². The first-order chi connectivity index (χ1) is 27.7. The molecule has 1 fully saturated rings. The third-order valence-electron chi connectivity index (χ3n) is 10.2. The molecule has 1 unspecified atom stereocenters. The number of carbonyl (C=O) groups excluding carboxylic acids is 4. The van der Waals surface area contributed by atoms with Gasteiger partial charge in [0.25, 0.3) is 11.8 Å². The van der Waals surface area contributed by atoms with Gasteiger partial charge in [0.1, 0.15) is 6.54 Å². The largest absolute Gasteiger partial charge is 0.340 e. The van der Waals surface area contributed by atoms with E-state index in [1.54, 1.807) is 42.4 Å². The summed E-state index contributed by atoms with van der Waals surface area (Å²) in [6, 6.07) is 10.6. The highest BCUT2D eigenvalue weighted by Gasteiger charge is 2.30. The number of aryl methyl sites for hydroxylation is 1. The molecule has 3 N–H and O–H groups in total. The van der Waals surface area contributed by atoms with Gasteiger partial charge in [0.15, 0.2) is 17.5 Å². The number of pyridine rings is 1. The number of anilines is 2. The number of piperazine rings is 1. The van der Waals surface area contributed by atoms with Crippen molar-refractivity contribution < 1.29 is 32.9 Å². The monoisotopic (exact) mass is 815 g/mol. The lowest BCUT2D eigenvalue weighted by Gasteiger charge is -2.36. The number of quaternary nitrogens is 1. The summed E-state index contributed by atoms with van der Waals surface area (Å²) in [6.45, 7) is 6.04. The first-order valence-corrected chi connectivity index (χ1v) is 19.4. The van der Waals surface area contributed by atoms with E-state index < -0.39 is 17.5 Å². The number of carbonyl (C=O) groups is 4. The van der Waals surface area contributed by atoms with Crippen LogP contribution in [0.2, 0.25) is 5.02 Å². The number of imidazole rings is 1. The van der Waals surface area contributed by atoms with Crippen LogP contribution in [0, 0.1) is 24.5 Å². The lowest BCUT2D eigenvalue weighted by Crippen LogP contribution is -3.05. The molecule has 6 rings (SSSR count). The second kappa shape index (κ2) is 18.1. The van der Waals surface area contributed by atoms with Crippen molar-refractivity contribution in [3.05, 3.63) is 101 Å². The number of rotatable bonds is 13. The highest BCUT2D eigenvalue weighted by atomic mass is 35.5. The van der Waals surface area contributed by atoms with Crippen molar-refractivity contribution in [3.63, 3.8) is 0 Å². The van der Waals surface area contributed by atoms with E-state index in [0.717, 1.165) is 19.4 Å². The topological polar surface area (TPSA) is 152 Å². The Morgan fingerprint density at radius 3 is 2.24 bits per heavy atom. The molecule has 3 aromatic heterocycles. The van der Waals surface area contributed by atoms with Crippen molar-refractivity contribution in [3.8, 4) is 22.4 Å². The molecule has 1 saturated heterocycles. The van der Waals surface area contributed by atoms with Gasteiger partial charge in [0.2, 0.25) is 11.8 Å². The summed E-state index contributed by atoms with van der Waals surface area (Å²) in [6.07, 6.45) is 7.42. The van der Waals surface area contributed by atoms with Crippen LogP contribution in [-0.2, 0) is 23.2 Å². The summed E-state index contributed by atoms with van der Waals surface area (Å²) in [7, 11) is 5.64. The molecule has 1 atom stereocenters. The van der Waals surface area contributed by atoms with Gasteiger partial charge in [0.05, 0.1) is 48.8 Å². The third kappa shape index (κ3) is 9.24. The summed E-state index contributed by atoms with van der Waals surface area (Å²) < 4.78 is 34.1. The zero-order valence-electron chi connectivity index (χ0n) is 33.0. The van der Waals surface area contributed by atoms with Crippen molar-refractivity contribution in [1.82, 2.24) is 34.1 Å². The number of hydrogen-bond donors (Lipinski definition) is 3. The van der Waals surface area contributed by atoms with Crippen LogP contribution in [0.1, 0.15) is 46.4 Å². The maximum atomic E-state index is 15.7. The third-order valence-corrected chi connectivity index (χ3v) is 10.5. The van der Waals surface area contributed by atoms with Crippen LogP contribution in [0.5, 0.6) is 0 Å². The fourth-order valence-corrected chi connectivity index (χ4v) is 7.21. The Morgan fingerprint density at radius 2 is 1.57 bits per heavy atom. The fraction of sp³-hybridized carbons (Fsp3) is 0.341. The van der Waals surface area contributed by atoms with Crippen LogP contribution in [0.3, 0.4) is 0 Å². The molecule has 4 amide bonds. The van der Waals surface area contributed by atoms with Crippen LogP contribution in [-0.4, -0.2) is 105 Å². The van der Waals surface area contributed by atoms with Gasteiger partial charge in [0, 0.05) is 92.2 Å². The Bertz CT molecular complexity index is 2320. The first kappa shape index (κ1) is 41.6. The Morgan fingerprint density at radius 1 is 0.897 bits per heavy atom. The molecule has 0 spiro atoms. The molecular weight excluding hydrogens is 770 g/mol. The molecule has 58 heavy (non-hydrogen) atoms. The molecule has 0 aliphatic carbocycles. The van der Waals surface area contributed by atoms with Gasteiger partial charge in [-0.2, -0.15) is 5.10 Å². The average molecular weight is 816 g/mol. The first-order valence-electron chi connectivity index (χ1n) is 19.0. The summed E-state index contributed by atoms with van der Waals surface area (Å²) in [5.74, 6) is -3.56. The molecule has 1 aliphatic heterocycles. The number of amides is 4. The zero-order valence-corrected chi connectivity index (χ0v) is 33.7. The maximum absolute atomic E-state index is 15.7. The number of hydrogen-bond acceptors (Lipinski definition) is 7. The highest BCUT2D eigenvalue weighted by molar-refractivity contribution is 6.34. The minimum Gasteiger partial charge on any atom is -0.340 e. The molecule has 4 heterocycles. The second-order valence-corrected chi connectivity index (χ2v) is 14.9. The molecular formula is C41H46ClF2N10O4+. The van der Waals surface area contributed by atoms with Crippen molar-refractivity contribution in [2.45, 2.75) is 33.2 Å². The highest BCUT2D eigenvalue weighted by Crippen LogP contribution is 2.33. The van der Waals surface area contributed by atoms with Gasteiger partial charge >= 0.3 is 0 Å². The molecule has 304 valence electrons.